The molecule has 2 aromatic rings. The number of hydrogen-bond donors (Lipinski definition) is 1. The predicted molar refractivity (Wildman–Crippen MR) is 82.5 cm³/mol. The molecule has 0 bridgehead atoms. The summed E-state index contributed by atoms with van der Waals surface area (Å²) in [5.41, 5.74) is 0.919. The highest BCUT2D eigenvalue weighted by molar-refractivity contribution is 9.10. The molecule has 0 aliphatic carbocycles. The van der Waals surface area contributed by atoms with Gasteiger partial charge in [-0.2, -0.15) is 0 Å². The van der Waals surface area contributed by atoms with Crippen molar-refractivity contribution in [2.45, 2.75) is 19.4 Å². The maximum absolute atomic E-state index is 9.16. The smallest absolute Gasteiger partial charge is 0.247 e. The molecule has 0 unspecified atom stereocenters. The number of nitrogens with zero attached hydrogens (tertiary/aromatic N) is 3. The Labute approximate surface area is 132 Å². The SMILES string of the molecule is OCC1CCN(Cc2nnc(-c3cccc(Br)c3)o2)CC1. The molecule has 1 aromatic carbocycles. The van der Waals surface area contributed by atoms with Crippen LogP contribution < -0.4 is 0 Å². The summed E-state index contributed by atoms with van der Waals surface area (Å²) in [5, 5.41) is 17.4. The van der Waals surface area contributed by atoms with E-state index in [4.69, 9.17) is 9.52 Å². The number of hydrogen-bond acceptors (Lipinski definition) is 5. The van der Waals surface area contributed by atoms with E-state index in [9.17, 15) is 0 Å². The second kappa shape index (κ2) is 6.68. The second-order valence-electron chi connectivity index (χ2n) is 5.41. The molecule has 6 heteroatoms. The lowest BCUT2D eigenvalue weighted by Gasteiger charge is -2.29. The van der Waals surface area contributed by atoms with E-state index in [-0.39, 0.29) is 0 Å². The molecule has 1 aromatic heterocycles. The van der Waals surface area contributed by atoms with Crippen LogP contribution in [0.2, 0.25) is 0 Å². The number of benzene rings is 1. The first-order valence-corrected chi connectivity index (χ1v) is 7.95. The van der Waals surface area contributed by atoms with Crippen molar-refractivity contribution in [3.63, 3.8) is 0 Å². The fraction of sp³-hybridized carbons (Fsp3) is 0.467. The minimum atomic E-state index is 0.293. The summed E-state index contributed by atoms with van der Waals surface area (Å²) in [6.07, 6.45) is 2.06. The molecule has 0 spiro atoms. The van der Waals surface area contributed by atoms with Gasteiger partial charge in [-0.3, -0.25) is 4.90 Å². The fourth-order valence-corrected chi connectivity index (χ4v) is 2.97. The van der Waals surface area contributed by atoms with Gasteiger partial charge in [0.1, 0.15) is 0 Å². The Morgan fingerprint density at radius 2 is 2.10 bits per heavy atom. The molecular weight excluding hydrogens is 334 g/mol. The molecule has 0 amide bonds. The zero-order valence-electron chi connectivity index (χ0n) is 11.7. The summed E-state index contributed by atoms with van der Waals surface area (Å²) >= 11 is 3.44. The lowest BCUT2D eigenvalue weighted by atomic mass is 9.98. The lowest BCUT2D eigenvalue weighted by Crippen LogP contribution is -2.34. The van der Waals surface area contributed by atoms with Crippen LogP contribution in [0.15, 0.2) is 33.2 Å². The van der Waals surface area contributed by atoms with Gasteiger partial charge in [0.25, 0.3) is 0 Å². The number of piperidine rings is 1. The molecular formula is C15H18BrN3O2. The fourth-order valence-electron chi connectivity index (χ4n) is 2.57. The van der Waals surface area contributed by atoms with Crippen LogP contribution in [0.1, 0.15) is 18.7 Å². The molecule has 1 saturated heterocycles. The summed E-state index contributed by atoms with van der Waals surface area (Å²) in [6, 6.07) is 7.83. The summed E-state index contributed by atoms with van der Waals surface area (Å²) in [6.45, 7) is 2.92. The normalized spacial score (nSPS) is 17.2. The Morgan fingerprint density at radius 3 is 2.81 bits per heavy atom. The molecule has 1 aliphatic rings. The molecule has 21 heavy (non-hydrogen) atoms. The maximum atomic E-state index is 9.16. The van der Waals surface area contributed by atoms with E-state index < -0.39 is 0 Å². The first-order valence-electron chi connectivity index (χ1n) is 7.16. The Kier molecular flexibility index (Phi) is 4.67. The number of rotatable bonds is 4. The lowest BCUT2D eigenvalue weighted by molar-refractivity contribution is 0.121. The van der Waals surface area contributed by atoms with E-state index in [1.54, 1.807) is 0 Å². The van der Waals surface area contributed by atoms with E-state index in [2.05, 4.69) is 31.0 Å². The number of aliphatic hydroxyl groups is 1. The van der Waals surface area contributed by atoms with Gasteiger partial charge < -0.3 is 9.52 Å². The van der Waals surface area contributed by atoms with Crippen LogP contribution in [0.25, 0.3) is 11.5 Å². The van der Waals surface area contributed by atoms with Gasteiger partial charge in [-0.15, -0.1) is 10.2 Å². The van der Waals surface area contributed by atoms with Gasteiger partial charge in [-0.25, -0.2) is 0 Å². The van der Waals surface area contributed by atoms with Crippen LogP contribution in [0, 0.1) is 5.92 Å². The number of aliphatic hydroxyl groups excluding tert-OH is 1. The zero-order chi connectivity index (χ0) is 14.7. The first-order chi connectivity index (χ1) is 10.2. The summed E-state index contributed by atoms with van der Waals surface area (Å²) in [7, 11) is 0. The molecule has 112 valence electrons. The summed E-state index contributed by atoms with van der Waals surface area (Å²) in [5.74, 6) is 1.64. The molecule has 1 aliphatic heterocycles. The van der Waals surface area contributed by atoms with Crippen LogP contribution in [0.3, 0.4) is 0 Å². The van der Waals surface area contributed by atoms with Crippen molar-refractivity contribution in [3.8, 4) is 11.5 Å². The third-order valence-corrected chi connectivity index (χ3v) is 4.36. The Hall–Kier alpha value is -1.24. The number of halogens is 1. The van der Waals surface area contributed by atoms with Gasteiger partial charge in [0.05, 0.1) is 6.54 Å². The van der Waals surface area contributed by atoms with Crippen molar-refractivity contribution in [3.05, 3.63) is 34.6 Å². The van der Waals surface area contributed by atoms with E-state index in [0.717, 1.165) is 36.0 Å². The first kappa shape index (κ1) is 14.7. The highest BCUT2D eigenvalue weighted by atomic mass is 79.9. The monoisotopic (exact) mass is 351 g/mol. The molecule has 0 saturated carbocycles. The van der Waals surface area contributed by atoms with Crippen molar-refractivity contribution in [1.29, 1.82) is 0 Å². The van der Waals surface area contributed by atoms with Crippen molar-refractivity contribution < 1.29 is 9.52 Å². The topological polar surface area (TPSA) is 62.4 Å². The van der Waals surface area contributed by atoms with Gasteiger partial charge in [-0.1, -0.05) is 22.0 Å². The van der Waals surface area contributed by atoms with E-state index in [1.165, 1.54) is 0 Å². The third kappa shape index (κ3) is 3.70. The highest BCUT2D eigenvalue weighted by Gasteiger charge is 2.20. The van der Waals surface area contributed by atoms with Crippen LogP contribution in [0.5, 0.6) is 0 Å². The minimum Gasteiger partial charge on any atom is -0.419 e. The van der Waals surface area contributed by atoms with Crippen molar-refractivity contribution >= 4 is 15.9 Å². The van der Waals surface area contributed by atoms with Crippen LogP contribution >= 0.6 is 15.9 Å². The largest absolute Gasteiger partial charge is 0.419 e. The van der Waals surface area contributed by atoms with Gasteiger partial charge in [0.15, 0.2) is 0 Å². The molecule has 0 radical (unpaired) electrons. The summed E-state index contributed by atoms with van der Waals surface area (Å²) < 4.78 is 6.74. The van der Waals surface area contributed by atoms with Crippen molar-refractivity contribution in [1.82, 2.24) is 15.1 Å². The second-order valence-corrected chi connectivity index (χ2v) is 6.33. The minimum absolute atomic E-state index is 0.293. The highest BCUT2D eigenvalue weighted by Crippen LogP contribution is 2.23. The van der Waals surface area contributed by atoms with E-state index >= 15 is 0 Å². The van der Waals surface area contributed by atoms with E-state index in [1.807, 2.05) is 24.3 Å². The van der Waals surface area contributed by atoms with Gasteiger partial charge in [0, 0.05) is 16.6 Å². The molecule has 3 rings (SSSR count). The molecule has 1 fully saturated rings. The van der Waals surface area contributed by atoms with Crippen LogP contribution in [0.4, 0.5) is 0 Å². The molecule has 5 nitrogen and oxygen atoms in total. The molecule has 2 heterocycles. The Morgan fingerprint density at radius 1 is 1.29 bits per heavy atom. The third-order valence-electron chi connectivity index (χ3n) is 3.86. The van der Waals surface area contributed by atoms with Gasteiger partial charge in [-0.05, 0) is 50.0 Å². The van der Waals surface area contributed by atoms with Crippen molar-refractivity contribution in [2.75, 3.05) is 19.7 Å². The van der Waals surface area contributed by atoms with Crippen LogP contribution in [-0.4, -0.2) is 39.9 Å². The quantitative estimate of drug-likeness (QED) is 0.917. The number of likely N-dealkylation sites (tertiary alicyclic amines) is 1. The average Bonchev–Trinajstić information content (AvgIpc) is 2.97. The van der Waals surface area contributed by atoms with Crippen molar-refractivity contribution in [2.24, 2.45) is 5.92 Å². The van der Waals surface area contributed by atoms with E-state index in [0.29, 0.717) is 30.9 Å². The van der Waals surface area contributed by atoms with Gasteiger partial charge >= 0.3 is 0 Å². The van der Waals surface area contributed by atoms with Crippen LogP contribution in [-0.2, 0) is 6.54 Å². The standard InChI is InChI=1S/C15H18BrN3O2/c16-13-3-1-2-12(8-13)15-18-17-14(21-15)9-19-6-4-11(10-20)5-7-19/h1-3,8,11,20H,4-7,9-10H2. The zero-order valence-corrected chi connectivity index (χ0v) is 13.3. The number of aromatic nitrogens is 2. The Balaban J connectivity index is 1.63. The predicted octanol–water partition coefficient (Wildman–Crippen LogP) is 2.70. The Bertz CT molecular complexity index is 594. The molecule has 0 atom stereocenters. The average molecular weight is 352 g/mol. The molecule has 1 N–H and O–H groups in total. The summed E-state index contributed by atoms with van der Waals surface area (Å²) in [4.78, 5) is 2.30. The maximum Gasteiger partial charge on any atom is 0.247 e. The van der Waals surface area contributed by atoms with Gasteiger partial charge in [0.2, 0.25) is 11.8 Å².